The van der Waals surface area contributed by atoms with Crippen LogP contribution < -0.4 is 5.32 Å². The van der Waals surface area contributed by atoms with Crippen molar-refractivity contribution in [3.05, 3.63) is 59.6 Å². The van der Waals surface area contributed by atoms with Gasteiger partial charge in [0.15, 0.2) is 5.13 Å². The number of thiazole rings is 1. The molecule has 0 bridgehead atoms. The van der Waals surface area contributed by atoms with E-state index in [1.807, 2.05) is 17.5 Å². The summed E-state index contributed by atoms with van der Waals surface area (Å²) in [6.07, 6.45) is 1.64. The first-order valence-corrected chi connectivity index (χ1v) is 6.67. The van der Waals surface area contributed by atoms with E-state index in [1.54, 1.807) is 18.4 Å². The van der Waals surface area contributed by atoms with Crippen molar-refractivity contribution >= 4 is 16.5 Å². The molecule has 0 aliphatic heterocycles. The second-order valence-corrected chi connectivity index (χ2v) is 4.84. The van der Waals surface area contributed by atoms with Crippen molar-refractivity contribution in [2.24, 2.45) is 0 Å². The van der Waals surface area contributed by atoms with E-state index >= 15 is 0 Å². The van der Waals surface area contributed by atoms with E-state index < -0.39 is 0 Å². The number of benzene rings is 1. The van der Waals surface area contributed by atoms with Crippen molar-refractivity contribution < 1.29 is 8.81 Å². The van der Waals surface area contributed by atoms with Crippen LogP contribution >= 0.6 is 11.3 Å². The molecule has 5 heteroatoms. The number of furan rings is 1. The van der Waals surface area contributed by atoms with Crippen molar-refractivity contribution in [3.63, 3.8) is 0 Å². The maximum absolute atomic E-state index is 12.8. The molecule has 3 aromatic rings. The lowest BCUT2D eigenvalue weighted by molar-refractivity contribution is 0.518. The quantitative estimate of drug-likeness (QED) is 0.776. The van der Waals surface area contributed by atoms with Gasteiger partial charge in [0.25, 0.3) is 0 Å². The molecule has 96 valence electrons. The Balaban J connectivity index is 1.70. The van der Waals surface area contributed by atoms with E-state index in [0.717, 1.165) is 22.1 Å². The zero-order valence-electron chi connectivity index (χ0n) is 9.97. The molecule has 2 aromatic heterocycles. The first-order valence-electron chi connectivity index (χ1n) is 5.79. The van der Waals surface area contributed by atoms with Gasteiger partial charge in [0.2, 0.25) is 0 Å². The van der Waals surface area contributed by atoms with Crippen molar-refractivity contribution in [1.29, 1.82) is 0 Å². The zero-order valence-corrected chi connectivity index (χ0v) is 10.8. The van der Waals surface area contributed by atoms with Crippen LogP contribution in [-0.2, 0) is 6.54 Å². The highest BCUT2D eigenvalue weighted by Crippen LogP contribution is 2.25. The highest BCUT2D eigenvalue weighted by atomic mass is 32.1. The van der Waals surface area contributed by atoms with Crippen LogP contribution in [0, 0.1) is 5.82 Å². The maximum Gasteiger partial charge on any atom is 0.183 e. The van der Waals surface area contributed by atoms with Gasteiger partial charge in [0.05, 0.1) is 18.5 Å². The Morgan fingerprint density at radius 2 is 2.05 bits per heavy atom. The molecule has 0 atom stereocenters. The fourth-order valence-electron chi connectivity index (χ4n) is 1.68. The fourth-order valence-corrected chi connectivity index (χ4v) is 2.40. The van der Waals surface area contributed by atoms with Gasteiger partial charge in [0.1, 0.15) is 11.6 Å². The molecule has 0 amide bonds. The van der Waals surface area contributed by atoms with Crippen LogP contribution in [0.2, 0.25) is 0 Å². The Morgan fingerprint density at radius 3 is 2.79 bits per heavy atom. The molecule has 3 nitrogen and oxygen atoms in total. The van der Waals surface area contributed by atoms with Gasteiger partial charge in [-0.05, 0) is 36.4 Å². The van der Waals surface area contributed by atoms with Crippen molar-refractivity contribution in [3.8, 4) is 11.3 Å². The third-order valence-electron chi connectivity index (χ3n) is 2.64. The van der Waals surface area contributed by atoms with Crippen molar-refractivity contribution in [2.45, 2.75) is 6.54 Å². The van der Waals surface area contributed by atoms with E-state index in [4.69, 9.17) is 4.42 Å². The van der Waals surface area contributed by atoms with Gasteiger partial charge in [-0.1, -0.05) is 0 Å². The first-order chi connectivity index (χ1) is 9.31. The molecule has 0 aliphatic rings. The molecular formula is C14H11FN2OS. The van der Waals surface area contributed by atoms with Gasteiger partial charge in [-0.25, -0.2) is 9.37 Å². The minimum Gasteiger partial charge on any atom is -0.467 e. The van der Waals surface area contributed by atoms with Gasteiger partial charge in [-0.2, -0.15) is 0 Å². The SMILES string of the molecule is Fc1ccc(-c2csc(NCc3ccco3)n2)cc1. The molecule has 0 fully saturated rings. The number of nitrogens with zero attached hydrogens (tertiary/aromatic N) is 1. The fraction of sp³-hybridized carbons (Fsp3) is 0.0714. The third-order valence-corrected chi connectivity index (χ3v) is 3.44. The summed E-state index contributed by atoms with van der Waals surface area (Å²) in [7, 11) is 0. The number of halogens is 1. The van der Waals surface area contributed by atoms with Crippen LogP contribution in [0.15, 0.2) is 52.5 Å². The van der Waals surface area contributed by atoms with Gasteiger partial charge in [0, 0.05) is 10.9 Å². The molecule has 3 rings (SSSR count). The van der Waals surface area contributed by atoms with E-state index in [0.29, 0.717) is 6.54 Å². The lowest BCUT2D eigenvalue weighted by Gasteiger charge is -1.99. The van der Waals surface area contributed by atoms with Crippen LogP contribution in [0.1, 0.15) is 5.76 Å². The Kier molecular flexibility index (Phi) is 3.29. The molecule has 2 heterocycles. The van der Waals surface area contributed by atoms with Crippen molar-refractivity contribution in [2.75, 3.05) is 5.32 Å². The minimum atomic E-state index is -0.241. The highest BCUT2D eigenvalue weighted by molar-refractivity contribution is 7.14. The average Bonchev–Trinajstić information content (AvgIpc) is 3.09. The Labute approximate surface area is 113 Å². The summed E-state index contributed by atoms with van der Waals surface area (Å²) in [5.74, 6) is 0.619. The molecule has 19 heavy (non-hydrogen) atoms. The molecule has 0 unspecified atom stereocenters. The number of anilines is 1. The number of nitrogens with one attached hydrogen (secondary N) is 1. The molecule has 0 saturated carbocycles. The molecule has 0 radical (unpaired) electrons. The summed E-state index contributed by atoms with van der Waals surface area (Å²) >= 11 is 1.51. The largest absolute Gasteiger partial charge is 0.467 e. The number of aromatic nitrogens is 1. The van der Waals surface area contributed by atoms with Crippen LogP contribution in [0.25, 0.3) is 11.3 Å². The molecule has 1 N–H and O–H groups in total. The topological polar surface area (TPSA) is 38.1 Å². The van der Waals surface area contributed by atoms with Gasteiger partial charge < -0.3 is 9.73 Å². The summed E-state index contributed by atoms with van der Waals surface area (Å²) in [4.78, 5) is 4.45. The van der Waals surface area contributed by atoms with E-state index in [-0.39, 0.29) is 5.82 Å². The molecule has 0 saturated heterocycles. The first kappa shape index (κ1) is 11.9. The Bertz CT molecular complexity index is 646. The van der Waals surface area contributed by atoms with E-state index in [9.17, 15) is 4.39 Å². The van der Waals surface area contributed by atoms with Crippen LogP contribution in [-0.4, -0.2) is 4.98 Å². The molecule has 0 aliphatic carbocycles. The summed E-state index contributed by atoms with van der Waals surface area (Å²) in [5, 5.41) is 5.95. The summed E-state index contributed by atoms with van der Waals surface area (Å²) in [6, 6.07) is 10.1. The number of hydrogen-bond donors (Lipinski definition) is 1. The van der Waals surface area contributed by atoms with Gasteiger partial charge in [-0.15, -0.1) is 11.3 Å². The van der Waals surface area contributed by atoms with E-state index in [1.165, 1.54) is 23.5 Å². The summed E-state index contributed by atoms with van der Waals surface area (Å²) in [5.41, 5.74) is 1.75. The van der Waals surface area contributed by atoms with Crippen LogP contribution in [0.5, 0.6) is 0 Å². The summed E-state index contributed by atoms with van der Waals surface area (Å²) < 4.78 is 18.1. The number of hydrogen-bond acceptors (Lipinski definition) is 4. The second-order valence-electron chi connectivity index (χ2n) is 3.98. The minimum absolute atomic E-state index is 0.241. The molecular weight excluding hydrogens is 263 g/mol. The van der Waals surface area contributed by atoms with Crippen LogP contribution in [0.3, 0.4) is 0 Å². The third kappa shape index (κ3) is 2.82. The standard InChI is InChI=1S/C14H11FN2OS/c15-11-5-3-10(4-6-11)13-9-19-14(17-13)16-8-12-2-1-7-18-12/h1-7,9H,8H2,(H,16,17). The zero-order chi connectivity index (χ0) is 13.1. The maximum atomic E-state index is 12.8. The van der Waals surface area contributed by atoms with Gasteiger partial charge >= 0.3 is 0 Å². The molecule has 0 spiro atoms. The lowest BCUT2D eigenvalue weighted by Crippen LogP contribution is -1.97. The smallest absolute Gasteiger partial charge is 0.183 e. The predicted molar refractivity (Wildman–Crippen MR) is 73.5 cm³/mol. The Morgan fingerprint density at radius 1 is 1.21 bits per heavy atom. The normalized spacial score (nSPS) is 10.6. The lowest BCUT2D eigenvalue weighted by atomic mass is 10.2. The van der Waals surface area contributed by atoms with Crippen molar-refractivity contribution in [1.82, 2.24) is 4.98 Å². The highest BCUT2D eigenvalue weighted by Gasteiger charge is 2.05. The Hall–Kier alpha value is -2.14. The summed E-state index contributed by atoms with van der Waals surface area (Å²) in [6.45, 7) is 0.601. The monoisotopic (exact) mass is 274 g/mol. The van der Waals surface area contributed by atoms with E-state index in [2.05, 4.69) is 10.3 Å². The second kappa shape index (κ2) is 5.24. The molecule has 1 aromatic carbocycles. The van der Waals surface area contributed by atoms with Crippen LogP contribution in [0.4, 0.5) is 9.52 Å². The predicted octanol–water partition coefficient (Wildman–Crippen LogP) is 4.15. The average molecular weight is 274 g/mol. The van der Waals surface area contributed by atoms with Gasteiger partial charge in [-0.3, -0.25) is 0 Å². The number of rotatable bonds is 4.